The summed E-state index contributed by atoms with van der Waals surface area (Å²) in [5.41, 5.74) is 4.35. The van der Waals surface area contributed by atoms with E-state index >= 15 is 0 Å². The van der Waals surface area contributed by atoms with Gasteiger partial charge in [-0.1, -0.05) is 56.3 Å². The first kappa shape index (κ1) is 37.1. The number of rotatable bonds is 7. The van der Waals surface area contributed by atoms with Gasteiger partial charge in [-0.2, -0.15) is 5.10 Å². The number of carbonyl (C=O) groups excluding carboxylic acids is 4. The summed E-state index contributed by atoms with van der Waals surface area (Å²) in [5, 5.41) is 15.7. The van der Waals surface area contributed by atoms with Crippen molar-refractivity contribution in [2.45, 2.75) is 72.1 Å². The molecule has 4 heterocycles. The third-order valence-electron chi connectivity index (χ3n) is 8.91. The molecule has 276 valence electrons. The predicted molar refractivity (Wildman–Crippen MR) is 199 cm³/mol. The maximum Gasteiger partial charge on any atom is 0.273 e. The molecule has 0 saturated heterocycles. The Morgan fingerprint density at radius 1 is 0.943 bits per heavy atom. The van der Waals surface area contributed by atoms with Crippen molar-refractivity contribution in [1.82, 2.24) is 40.6 Å². The third kappa shape index (κ3) is 9.43. The summed E-state index contributed by atoms with van der Waals surface area (Å²) in [6.45, 7) is 9.90. The Bertz CT molecular complexity index is 2090. The number of nitrogens with one attached hydrogen (secondary N) is 3. The molecule has 4 amide bonds. The van der Waals surface area contributed by atoms with Crippen molar-refractivity contribution in [3.63, 3.8) is 0 Å². The molecule has 3 aromatic heterocycles. The van der Waals surface area contributed by atoms with Gasteiger partial charge in [0.1, 0.15) is 23.0 Å². The maximum absolute atomic E-state index is 14.4. The molecule has 4 bridgehead atoms. The second-order valence-corrected chi connectivity index (χ2v) is 14.8. The molecule has 0 spiro atoms. The fourth-order valence-electron chi connectivity index (χ4n) is 6.42. The molecule has 13 nitrogen and oxygen atoms in total. The standard InChI is InChI=1S/C39H44N8O5S/c1-23(2)14-30-19-46(39(51)29-13-9-12-28(16-29)18-47-25(4)15-24(3)45-47)20-34(48)42-31(17-27-10-7-6-8-11-27)38-44-33(22-53-38)36(50)40-26(5)37-43-32(21-52-37)35(49)41-30/h6-13,15-16,21-23,26,30-31H,14,17-20H2,1-5H3,(H,40,50)(H,41,49)(H,42,48)/t26-,30-,31-/m1/s1. The van der Waals surface area contributed by atoms with E-state index in [4.69, 9.17) is 4.42 Å². The zero-order chi connectivity index (χ0) is 37.6. The fraction of sp³-hybridized carbons (Fsp3) is 0.359. The Morgan fingerprint density at radius 3 is 2.43 bits per heavy atom. The van der Waals surface area contributed by atoms with Crippen LogP contribution in [-0.2, 0) is 17.8 Å². The van der Waals surface area contributed by atoms with E-state index in [1.807, 2.05) is 87.0 Å². The van der Waals surface area contributed by atoms with Gasteiger partial charge in [0.2, 0.25) is 11.8 Å². The molecule has 2 aromatic carbocycles. The molecule has 3 atom stereocenters. The first-order chi connectivity index (χ1) is 25.4. The minimum Gasteiger partial charge on any atom is -0.446 e. The average molecular weight is 737 g/mol. The van der Waals surface area contributed by atoms with Crippen LogP contribution in [0.5, 0.6) is 0 Å². The number of benzene rings is 2. The summed E-state index contributed by atoms with van der Waals surface area (Å²) in [6, 6.07) is 17.2. The summed E-state index contributed by atoms with van der Waals surface area (Å²) in [6.07, 6.45) is 2.17. The molecule has 0 saturated carbocycles. The molecular weight excluding hydrogens is 693 g/mol. The number of hydrogen-bond donors (Lipinski definition) is 3. The summed E-state index contributed by atoms with van der Waals surface area (Å²) >= 11 is 1.26. The molecule has 6 rings (SSSR count). The van der Waals surface area contributed by atoms with Crippen molar-refractivity contribution in [2.75, 3.05) is 13.1 Å². The van der Waals surface area contributed by atoms with Crippen LogP contribution in [0.4, 0.5) is 0 Å². The number of carbonyl (C=O) groups is 4. The number of aryl methyl sites for hydroxylation is 2. The fourth-order valence-corrected chi connectivity index (χ4v) is 7.27. The van der Waals surface area contributed by atoms with Crippen molar-refractivity contribution in [2.24, 2.45) is 5.92 Å². The van der Waals surface area contributed by atoms with Crippen LogP contribution in [-0.4, -0.2) is 67.4 Å². The maximum atomic E-state index is 14.4. The van der Waals surface area contributed by atoms with Crippen LogP contribution in [0.2, 0.25) is 0 Å². The number of fused-ring (bicyclic) bond motifs is 4. The minimum atomic E-state index is -0.663. The lowest BCUT2D eigenvalue weighted by Gasteiger charge is -2.29. The molecule has 5 aromatic rings. The van der Waals surface area contributed by atoms with Crippen molar-refractivity contribution in [3.8, 4) is 0 Å². The summed E-state index contributed by atoms with van der Waals surface area (Å²) in [5.74, 6) is -1.43. The lowest BCUT2D eigenvalue weighted by atomic mass is 10.0. The number of nitrogens with zero attached hydrogens (tertiary/aromatic N) is 5. The number of hydrogen-bond acceptors (Lipinski definition) is 9. The molecule has 0 aliphatic carbocycles. The Hall–Kier alpha value is -5.63. The lowest BCUT2D eigenvalue weighted by molar-refractivity contribution is -0.122. The molecule has 0 radical (unpaired) electrons. The number of oxazole rings is 1. The zero-order valence-corrected chi connectivity index (χ0v) is 31.3. The molecule has 0 fully saturated rings. The van der Waals surface area contributed by atoms with E-state index in [2.05, 4.69) is 31.0 Å². The first-order valence-corrected chi connectivity index (χ1v) is 18.5. The number of aromatic nitrogens is 4. The number of thiazole rings is 1. The minimum absolute atomic E-state index is 0.0307. The first-order valence-electron chi connectivity index (χ1n) is 17.7. The van der Waals surface area contributed by atoms with Crippen LogP contribution in [0.3, 0.4) is 0 Å². The normalized spacial score (nSPS) is 18.6. The second-order valence-electron chi connectivity index (χ2n) is 13.9. The van der Waals surface area contributed by atoms with Gasteiger partial charge in [0, 0.05) is 29.2 Å². The van der Waals surface area contributed by atoms with Crippen LogP contribution in [0.15, 0.2) is 76.7 Å². The van der Waals surface area contributed by atoms with Gasteiger partial charge in [0.15, 0.2) is 5.69 Å². The van der Waals surface area contributed by atoms with Crippen molar-refractivity contribution >= 4 is 35.0 Å². The van der Waals surface area contributed by atoms with Gasteiger partial charge in [-0.15, -0.1) is 11.3 Å². The average Bonchev–Trinajstić information content (AvgIpc) is 3.88. The zero-order valence-electron chi connectivity index (χ0n) is 30.5. The Morgan fingerprint density at radius 2 is 1.70 bits per heavy atom. The van der Waals surface area contributed by atoms with E-state index < -0.39 is 35.8 Å². The molecule has 0 unspecified atom stereocenters. The summed E-state index contributed by atoms with van der Waals surface area (Å²) < 4.78 is 7.49. The SMILES string of the molecule is Cc1cc(C)n(Cc2cccc(C(=O)N3CC(=O)N[C@H](Cc4ccccc4)c4nc(cs4)C(=O)N[C@H](C)c4nc(co4)C(=O)N[C@H](CC(C)C)C3)c2)n1. The summed E-state index contributed by atoms with van der Waals surface area (Å²) in [4.78, 5) is 65.7. The van der Waals surface area contributed by atoms with Crippen LogP contribution in [0, 0.1) is 19.8 Å². The van der Waals surface area contributed by atoms with Crippen LogP contribution in [0.25, 0.3) is 0 Å². The Labute approximate surface area is 312 Å². The topological polar surface area (TPSA) is 164 Å². The quantitative estimate of drug-likeness (QED) is 0.206. The van der Waals surface area contributed by atoms with Crippen molar-refractivity contribution in [1.29, 1.82) is 0 Å². The second kappa shape index (κ2) is 16.4. The van der Waals surface area contributed by atoms with Crippen molar-refractivity contribution in [3.05, 3.63) is 123 Å². The van der Waals surface area contributed by atoms with Gasteiger partial charge >= 0.3 is 0 Å². The largest absolute Gasteiger partial charge is 0.446 e. The van der Waals surface area contributed by atoms with E-state index in [1.165, 1.54) is 22.5 Å². The smallest absolute Gasteiger partial charge is 0.273 e. The third-order valence-corrected chi connectivity index (χ3v) is 9.86. The molecule has 14 heteroatoms. The van der Waals surface area contributed by atoms with Crippen molar-refractivity contribution < 1.29 is 23.6 Å². The molecule has 1 aliphatic heterocycles. The predicted octanol–water partition coefficient (Wildman–Crippen LogP) is 5.18. The van der Waals surface area contributed by atoms with Crippen LogP contribution < -0.4 is 16.0 Å². The highest BCUT2D eigenvalue weighted by atomic mass is 32.1. The van der Waals surface area contributed by atoms with E-state index in [0.717, 1.165) is 22.5 Å². The van der Waals surface area contributed by atoms with Gasteiger partial charge in [0.25, 0.3) is 17.7 Å². The van der Waals surface area contributed by atoms with E-state index in [9.17, 15) is 19.2 Å². The van der Waals surface area contributed by atoms with Gasteiger partial charge in [-0.25, -0.2) is 9.97 Å². The highest BCUT2D eigenvalue weighted by Gasteiger charge is 2.29. The van der Waals surface area contributed by atoms with Crippen LogP contribution >= 0.6 is 11.3 Å². The van der Waals surface area contributed by atoms with Gasteiger partial charge < -0.3 is 25.3 Å². The summed E-state index contributed by atoms with van der Waals surface area (Å²) in [7, 11) is 0. The van der Waals surface area contributed by atoms with Gasteiger partial charge in [0.05, 0.1) is 24.8 Å². The molecule has 53 heavy (non-hydrogen) atoms. The van der Waals surface area contributed by atoms with E-state index in [0.29, 0.717) is 30.0 Å². The van der Waals surface area contributed by atoms with Crippen LogP contribution in [0.1, 0.15) is 104 Å². The Balaban J connectivity index is 1.36. The number of amides is 4. The highest BCUT2D eigenvalue weighted by molar-refractivity contribution is 7.09. The Kier molecular flexibility index (Phi) is 11.5. The monoisotopic (exact) mass is 736 g/mol. The van der Waals surface area contributed by atoms with E-state index in [1.54, 1.807) is 18.4 Å². The van der Waals surface area contributed by atoms with Gasteiger partial charge in [-0.3, -0.25) is 23.9 Å². The van der Waals surface area contributed by atoms with Gasteiger partial charge in [-0.05, 0) is 68.9 Å². The molecular formula is C39H44N8O5S. The highest BCUT2D eigenvalue weighted by Crippen LogP contribution is 2.24. The van der Waals surface area contributed by atoms with E-state index in [-0.39, 0.29) is 42.2 Å². The molecule has 3 N–H and O–H groups in total. The molecule has 1 aliphatic rings. The lowest BCUT2D eigenvalue weighted by Crippen LogP contribution is -2.50.